The van der Waals surface area contributed by atoms with Gasteiger partial charge in [0.2, 0.25) is 5.91 Å². The van der Waals surface area contributed by atoms with E-state index in [2.05, 4.69) is 31.1 Å². The Morgan fingerprint density at radius 1 is 1.56 bits per heavy atom. The van der Waals surface area contributed by atoms with Gasteiger partial charge in [-0.15, -0.1) is 0 Å². The van der Waals surface area contributed by atoms with Crippen molar-refractivity contribution in [2.75, 3.05) is 25.0 Å². The highest BCUT2D eigenvalue weighted by Gasteiger charge is 2.01. The first kappa shape index (κ1) is 13.0. The van der Waals surface area contributed by atoms with E-state index in [4.69, 9.17) is 0 Å². The minimum atomic E-state index is 0.0180. The average molecular weight is 286 g/mol. The summed E-state index contributed by atoms with van der Waals surface area (Å²) in [5, 5.41) is 2.77. The number of aromatic nitrogens is 1. The summed E-state index contributed by atoms with van der Waals surface area (Å²) in [5.74, 6) is 0.954. The van der Waals surface area contributed by atoms with Gasteiger partial charge in [-0.3, -0.25) is 4.79 Å². The van der Waals surface area contributed by atoms with Crippen LogP contribution in [0.4, 0.5) is 5.82 Å². The smallest absolute Gasteiger partial charge is 0.216 e. The molecule has 0 aliphatic heterocycles. The summed E-state index contributed by atoms with van der Waals surface area (Å²) in [4.78, 5) is 17.0. The molecule has 1 aromatic rings. The minimum absolute atomic E-state index is 0.0180. The Kier molecular flexibility index (Phi) is 5.25. The second-order valence-corrected chi connectivity index (χ2v) is 4.51. The van der Waals surface area contributed by atoms with E-state index in [1.165, 1.54) is 6.92 Å². The zero-order chi connectivity index (χ0) is 12.0. The van der Waals surface area contributed by atoms with Gasteiger partial charge in [-0.1, -0.05) is 0 Å². The number of nitrogens with zero attached hydrogens (tertiary/aromatic N) is 2. The fourth-order valence-electron chi connectivity index (χ4n) is 1.29. The molecule has 1 N–H and O–H groups in total. The topological polar surface area (TPSA) is 45.2 Å². The van der Waals surface area contributed by atoms with Crippen molar-refractivity contribution in [3.05, 3.63) is 22.8 Å². The van der Waals surface area contributed by atoms with Gasteiger partial charge in [-0.05, 0) is 34.5 Å². The van der Waals surface area contributed by atoms with Crippen LogP contribution in [-0.2, 0) is 4.79 Å². The number of hydrogen-bond acceptors (Lipinski definition) is 3. The van der Waals surface area contributed by atoms with Crippen LogP contribution in [0.15, 0.2) is 22.8 Å². The van der Waals surface area contributed by atoms with E-state index in [-0.39, 0.29) is 5.91 Å². The molecule has 0 saturated carbocycles. The lowest BCUT2D eigenvalue weighted by Crippen LogP contribution is -2.26. The Morgan fingerprint density at radius 3 is 2.88 bits per heavy atom. The SMILES string of the molecule is CC(=O)NCCCN(C)c1ccc(Br)cn1. The second-order valence-electron chi connectivity index (χ2n) is 3.59. The number of rotatable bonds is 5. The molecule has 4 nitrogen and oxygen atoms in total. The molecule has 0 aliphatic carbocycles. The molecule has 0 atom stereocenters. The largest absolute Gasteiger partial charge is 0.360 e. The Bertz CT molecular complexity index is 340. The first-order valence-corrected chi connectivity index (χ1v) is 5.96. The van der Waals surface area contributed by atoms with Crippen molar-refractivity contribution in [2.24, 2.45) is 0 Å². The molecule has 0 bridgehead atoms. The molecule has 1 heterocycles. The quantitative estimate of drug-likeness (QED) is 0.840. The van der Waals surface area contributed by atoms with Crippen LogP contribution < -0.4 is 10.2 Å². The van der Waals surface area contributed by atoms with Crippen molar-refractivity contribution in [3.63, 3.8) is 0 Å². The van der Waals surface area contributed by atoms with Crippen molar-refractivity contribution in [3.8, 4) is 0 Å². The van der Waals surface area contributed by atoms with Gasteiger partial charge in [0.05, 0.1) is 0 Å². The van der Waals surface area contributed by atoms with Gasteiger partial charge >= 0.3 is 0 Å². The van der Waals surface area contributed by atoms with E-state index >= 15 is 0 Å². The van der Waals surface area contributed by atoms with E-state index in [0.717, 1.165) is 23.3 Å². The summed E-state index contributed by atoms with van der Waals surface area (Å²) in [6.07, 6.45) is 2.69. The number of carbonyl (C=O) groups is 1. The molecule has 0 unspecified atom stereocenters. The van der Waals surface area contributed by atoms with Gasteiger partial charge in [0.25, 0.3) is 0 Å². The second kappa shape index (κ2) is 6.48. The molecule has 1 rings (SSSR count). The van der Waals surface area contributed by atoms with Crippen molar-refractivity contribution < 1.29 is 4.79 Å². The first-order valence-electron chi connectivity index (χ1n) is 5.16. The molecular formula is C11H16BrN3O. The summed E-state index contributed by atoms with van der Waals surface area (Å²) in [6, 6.07) is 3.93. The molecular weight excluding hydrogens is 270 g/mol. The molecule has 88 valence electrons. The zero-order valence-corrected chi connectivity index (χ0v) is 11.1. The highest BCUT2D eigenvalue weighted by atomic mass is 79.9. The van der Waals surface area contributed by atoms with Crippen molar-refractivity contribution in [1.82, 2.24) is 10.3 Å². The molecule has 0 spiro atoms. The lowest BCUT2D eigenvalue weighted by Gasteiger charge is -2.17. The zero-order valence-electron chi connectivity index (χ0n) is 9.53. The summed E-state index contributed by atoms with van der Waals surface area (Å²) in [6.45, 7) is 3.10. The number of nitrogens with one attached hydrogen (secondary N) is 1. The summed E-state index contributed by atoms with van der Waals surface area (Å²) in [5.41, 5.74) is 0. The third-order valence-corrected chi connectivity index (χ3v) is 2.62. The summed E-state index contributed by atoms with van der Waals surface area (Å²) < 4.78 is 0.975. The Labute approximate surface area is 104 Å². The summed E-state index contributed by atoms with van der Waals surface area (Å²) >= 11 is 3.35. The lowest BCUT2D eigenvalue weighted by molar-refractivity contribution is -0.118. The minimum Gasteiger partial charge on any atom is -0.360 e. The third kappa shape index (κ3) is 4.61. The molecule has 16 heavy (non-hydrogen) atoms. The molecule has 1 aromatic heterocycles. The molecule has 1 amide bonds. The number of halogens is 1. The van der Waals surface area contributed by atoms with Crippen LogP contribution in [0.2, 0.25) is 0 Å². The fourth-order valence-corrected chi connectivity index (χ4v) is 1.52. The number of anilines is 1. The van der Waals surface area contributed by atoms with Crippen molar-refractivity contribution >= 4 is 27.7 Å². The van der Waals surface area contributed by atoms with Gasteiger partial charge in [-0.25, -0.2) is 4.98 Å². The maximum Gasteiger partial charge on any atom is 0.216 e. The number of amides is 1. The lowest BCUT2D eigenvalue weighted by atomic mass is 10.3. The Morgan fingerprint density at radius 2 is 2.31 bits per heavy atom. The van der Waals surface area contributed by atoms with E-state index in [9.17, 15) is 4.79 Å². The van der Waals surface area contributed by atoms with Crippen LogP contribution in [0.5, 0.6) is 0 Å². The monoisotopic (exact) mass is 285 g/mol. The van der Waals surface area contributed by atoms with Crippen LogP contribution in [0.3, 0.4) is 0 Å². The number of carbonyl (C=O) groups excluding carboxylic acids is 1. The summed E-state index contributed by atoms with van der Waals surface area (Å²) in [7, 11) is 1.99. The predicted molar refractivity (Wildman–Crippen MR) is 68.5 cm³/mol. The van der Waals surface area contributed by atoms with Crippen molar-refractivity contribution in [1.29, 1.82) is 0 Å². The van der Waals surface area contributed by atoms with Crippen LogP contribution in [-0.4, -0.2) is 31.0 Å². The third-order valence-electron chi connectivity index (χ3n) is 2.15. The predicted octanol–water partition coefficient (Wildman–Crippen LogP) is 1.81. The Hall–Kier alpha value is -1.10. The van der Waals surface area contributed by atoms with Gasteiger partial charge < -0.3 is 10.2 Å². The van der Waals surface area contributed by atoms with Gasteiger partial charge in [0, 0.05) is 37.7 Å². The molecule has 5 heteroatoms. The van der Waals surface area contributed by atoms with Crippen LogP contribution in [0, 0.1) is 0 Å². The van der Waals surface area contributed by atoms with Crippen LogP contribution >= 0.6 is 15.9 Å². The fraction of sp³-hybridized carbons (Fsp3) is 0.455. The molecule has 0 saturated heterocycles. The maximum atomic E-state index is 10.7. The highest BCUT2D eigenvalue weighted by molar-refractivity contribution is 9.10. The highest BCUT2D eigenvalue weighted by Crippen LogP contribution is 2.13. The van der Waals surface area contributed by atoms with E-state index in [1.54, 1.807) is 6.20 Å². The standard InChI is InChI=1S/C11H16BrN3O/c1-9(16)13-6-3-7-15(2)11-5-4-10(12)8-14-11/h4-5,8H,3,6-7H2,1-2H3,(H,13,16). The average Bonchev–Trinajstić information content (AvgIpc) is 2.25. The van der Waals surface area contributed by atoms with E-state index in [0.29, 0.717) is 6.54 Å². The first-order chi connectivity index (χ1) is 7.59. The Balaban J connectivity index is 2.32. The molecule has 0 fully saturated rings. The van der Waals surface area contributed by atoms with E-state index in [1.807, 2.05) is 19.2 Å². The van der Waals surface area contributed by atoms with Gasteiger partial charge in [-0.2, -0.15) is 0 Å². The van der Waals surface area contributed by atoms with E-state index < -0.39 is 0 Å². The van der Waals surface area contributed by atoms with Crippen molar-refractivity contribution in [2.45, 2.75) is 13.3 Å². The van der Waals surface area contributed by atoms with Crippen LogP contribution in [0.1, 0.15) is 13.3 Å². The number of hydrogen-bond donors (Lipinski definition) is 1. The normalized spacial score (nSPS) is 9.94. The van der Waals surface area contributed by atoms with Gasteiger partial charge in [0.1, 0.15) is 5.82 Å². The van der Waals surface area contributed by atoms with Gasteiger partial charge in [0.15, 0.2) is 0 Å². The van der Waals surface area contributed by atoms with Crippen LogP contribution in [0.25, 0.3) is 0 Å². The molecule has 0 radical (unpaired) electrons. The molecule has 0 aliphatic rings. The maximum absolute atomic E-state index is 10.7. The number of pyridine rings is 1. The molecule has 0 aromatic carbocycles.